The molecular weight excluding hydrogens is 382 g/mol. The Labute approximate surface area is 177 Å². The average molecular weight is 414 g/mol. The summed E-state index contributed by atoms with van der Waals surface area (Å²) in [7, 11) is 1.62. The van der Waals surface area contributed by atoms with Gasteiger partial charge in [-0.05, 0) is 49.7 Å². The number of anilines is 1. The number of amides is 1. The molecule has 0 unspecified atom stereocenters. The summed E-state index contributed by atoms with van der Waals surface area (Å²) < 4.78 is 16.3. The molecule has 2 aliphatic heterocycles. The van der Waals surface area contributed by atoms with Gasteiger partial charge in [0.25, 0.3) is 5.91 Å². The summed E-state index contributed by atoms with van der Waals surface area (Å²) in [5.74, 6) is 2.39. The number of hydrogen-bond donors (Lipinski definition) is 3. The normalized spacial score (nSPS) is 21.2. The molecular formula is C23H31N3O4+2. The molecule has 0 radical (unpaired) electrons. The van der Waals surface area contributed by atoms with Crippen LogP contribution < -0.4 is 29.3 Å². The van der Waals surface area contributed by atoms with Gasteiger partial charge in [-0.25, -0.2) is 0 Å². The molecule has 2 aromatic rings. The van der Waals surface area contributed by atoms with Gasteiger partial charge in [0.05, 0.1) is 12.8 Å². The van der Waals surface area contributed by atoms with Crippen LogP contribution in [-0.2, 0) is 11.3 Å². The first kappa shape index (κ1) is 20.5. The molecule has 2 aliphatic rings. The van der Waals surface area contributed by atoms with Gasteiger partial charge in [0, 0.05) is 5.56 Å². The van der Waals surface area contributed by atoms with Gasteiger partial charge in [0.2, 0.25) is 6.79 Å². The molecule has 7 nitrogen and oxygen atoms in total. The second-order valence-electron chi connectivity index (χ2n) is 8.19. The van der Waals surface area contributed by atoms with Gasteiger partial charge in [0.15, 0.2) is 17.5 Å². The number of nitrogens with one attached hydrogen (secondary N) is 3. The van der Waals surface area contributed by atoms with E-state index in [-0.39, 0.29) is 11.9 Å². The average Bonchev–Trinajstić information content (AvgIpc) is 3.22. The number of fused-ring (bicyclic) bond motifs is 1. The van der Waals surface area contributed by atoms with Crippen molar-refractivity contribution in [2.45, 2.75) is 26.4 Å². The van der Waals surface area contributed by atoms with Crippen molar-refractivity contribution >= 4 is 11.6 Å². The summed E-state index contributed by atoms with van der Waals surface area (Å²) >= 11 is 0. The zero-order valence-electron chi connectivity index (χ0n) is 17.9. The molecule has 4 rings (SSSR count). The standard InChI is InChI=1S/C23H29N3O4/c1-16-4-6-20(28-3)19(12-16)24-23(27)17(2)26-10-8-25(9-11-26)14-18-5-7-21-22(13-18)30-15-29-21/h4-7,12-13,17H,8-11,14-15H2,1-3H3,(H,24,27)/p+2/t17-/m0/s1. The van der Waals surface area contributed by atoms with Gasteiger partial charge in [-0.15, -0.1) is 0 Å². The van der Waals surface area contributed by atoms with Crippen LogP contribution in [0.4, 0.5) is 5.69 Å². The van der Waals surface area contributed by atoms with Crippen LogP contribution in [0, 0.1) is 6.92 Å². The Balaban J connectivity index is 1.30. The van der Waals surface area contributed by atoms with Gasteiger partial charge in [0.1, 0.15) is 38.5 Å². The maximum absolute atomic E-state index is 12.9. The zero-order valence-corrected chi connectivity index (χ0v) is 17.9. The molecule has 160 valence electrons. The number of hydrogen-bond acceptors (Lipinski definition) is 4. The van der Waals surface area contributed by atoms with E-state index in [4.69, 9.17) is 14.2 Å². The van der Waals surface area contributed by atoms with Crippen molar-refractivity contribution in [3.63, 3.8) is 0 Å². The minimum Gasteiger partial charge on any atom is -0.495 e. The highest BCUT2D eigenvalue weighted by atomic mass is 16.7. The van der Waals surface area contributed by atoms with Crippen LogP contribution in [0.15, 0.2) is 36.4 Å². The van der Waals surface area contributed by atoms with Gasteiger partial charge in [-0.3, -0.25) is 4.79 Å². The van der Waals surface area contributed by atoms with Gasteiger partial charge >= 0.3 is 0 Å². The highest BCUT2D eigenvalue weighted by molar-refractivity contribution is 5.95. The SMILES string of the molecule is COc1ccc(C)cc1NC(=O)[C@H](C)[NH+]1CC[NH+](Cc2ccc3c(c2)OCO3)CC1. The van der Waals surface area contributed by atoms with Crippen molar-refractivity contribution in [1.29, 1.82) is 0 Å². The van der Waals surface area contributed by atoms with Gasteiger partial charge in [-0.1, -0.05) is 6.07 Å². The minimum absolute atomic E-state index is 0.0353. The second-order valence-corrected chi connectivity index (χ2v) is 8.19. The Morgan fingerprint density at radius 2 is 1.87 bits per heavy atom. The summed E-state index contributed by atoms with van der Waals surface area (Å²) in [6.07, 6.45) is 0. The monoisotopic (exact) mass is 413 g/mol. The molecule has 0 bridgehead atoms. The summed E-state index contributed by atoms with van der Waals surface area (Å²) in [5, 5.41) is 3.06. The van der Waals surface area contributed by atoms with E-state index < -0.39 is 0 Å². The molecule has 30 heavy (non-hydrogen) atoms. The Kier molecular flexibility index (Phi) is 6.11. The van der Waals surface area contributed by atoms with Crippen molar-refractivity contribution < 1.29 is 28.8 Å². The van der Waals surface area contributed by atoms with Crippen LogP contribution >= 0.6 is 0 Å². The largest absolute Gasteiger partial charge is 0.495 e. The van der Waals surface area contributed by atoms with E-state index >= 15 is 0 Å². The highest BCUT2D eigenvalue weighted by Gasteiger charge is 2.31. The van der Waals surface area contributed by atoms with E-state index in [0.29, 0.717) is 12.5 Å². The third kappa shape index (κ3) is 4.52. The molecule has 0 aliphatic carbocycles. The first-order valence-corrected chi connectivity index (χ1v) is 10.6. The van der Waals surface area contributed by atoms with Crippen molar-refractivity contribution in [3.8, 4) is 17.2 Å². The number of piperazine rings is 1. The lowest BCUT2D eigenvalue weighted by atomic mass is 10.1. The van der Waals surface area contributed by atoms with Crippen LogP contribution in [0.5, 0.6) is 17.2 Å². The predicted octanol–water partition coefficient (Wildman–Crippen LogP) is 0.0429. The molecule has 0 spiro atoms. The van der Waals surface area contributed by atoms with Gasteiger partial charge < -0.3 is 29.3 Å². The molecule has 1 amide bonds. The summed E-state index contributed by atoms with van der Waals surface area (Å²) in [4.78, 5) is 15.7. The summed E-state index contributed by atoms with van der Waals surface area (Å²) in [5.41, 5.74) is 3.09. The van der Waals surface area contributed by atoms with Crippen molar-refractivity contribution in [3.05, 3.63) is 47.5 Å². The molecule has 0 aromatic heterocycles. The number of methoxy groups -OCH3 is 1. The van der Waals surface area contributed by atoms with E-state index in [1.165, 1.54) is 15.4 Å². The Bertz CT molecular complexity index is 909. The van der Waals surface area contributed by atoms with Crippen molar-refractivity contribution in [2.24, 2.45) is 0 Å². The first-order valence-electron chi connectivity index (χ1n) is 10.6. The van der Waals surface area contributed by atoms with E-state index in [1.807, 2.05) is 38.1 Å². The van der Waals surface area contributed by atoms with Crippen molar-refractivity contribution in [1.82, 2.24) is 0 Å². The number of ether oxygens (including phenoxy) is 3. The van der Waals surface area contributed by atoms with E-state index in [2.05, 4.69) is 17.4 Å². The molecule has 1 atom stereocenters. The van der Waals surface area contributed by atoms with Crippen LogP contribution in [-0.4, -0.2) is 52.0 Å². The van der Waals surface area contributed by atoms with Crippen LogP contribution in [0.1, 0.15) is 18.1 Å². The van der Waals surface area contributed by atoms with Crippen molar-refractivity contribution in [2.75, 3.05) is 45.4 Å². The Morgan fingerprint density at radius 1 is 1.10 bits per heavy atom. The summed E-state index contributed by atoms with van der Waals surface area (Å²) in [6, 6.07) is 11.9. The predicted molar refractivity (Wildman–Crippen MR) is 113 cm³/mol. The number of quaternary nitrogens is 2. The number of carbonyl (C=O) groups excluding carboxylic acids is 1. The first-order chi connectivity index (χ1) is 14.5. The van der Waals surface area contributed by atoms with Gasteiger partial charge in [-0.2, -0.15) is 0 Å². The fourth-order valence-corrected chi connectivity index (χ4v) is 4.22. The van der Waals surface area contributed by atoms with E-state index in [9.17, 15) is 4.79 Å². The zero-order chi connectivity index (χ0) is 21.1. The lowest BCUT2D eigenvalue weighted by molar-refractivity contribution is -1.02. The molecule has 2 aromatic carbocycles. The topological polar surface area (TPSA) is 65.7 Å². The molecule has 1 fully saturated rings. The van der Waals surface area contributed by atoms with E-state index in [0.717, 1.165) is 55.5 Å². The fourth-order valence-electron chi connectivity index (χ4n) is 4.22. The lowest BCUT2D eigenvalue weighted by Crippen LogP contribution is -3.29. The summed E-state index contributed by atoms with van der Waals surface area (Å²) in [6.45, 7) is 9.30. The molecule has 2 heterocycles. The molecule has 1 saturated heterocycles. The lowest BCUT2D eigenvalue weighted by Gasteiger charge is -2.32. The number of aryl methyl sites for hydroxylation is 1. The number of carbonyl (C=O) groups is 1. The fraction of sp³-hybridized carbons (Fsp3) is 0.435. The maximum Gasteiger partial charge on any atom is 0.282 e. The Hall–Kier alpha value is -2.77. The third-order valence-corrected chi connectivity index (χ3v) is 6.11. The smallest absolute Gasteiger partial charge is 0.282 e. The second kappa shape index (κ2) is 8.93. The van der Waals surface area contributed by atoms with Crippen LogP contribution in [0.2, 0.25) is 0 Å². The van der Waals surface area contributed by atoms with Crippen LogP contribution in [0.25, 0.3) is 0 Å². The number of rotatable bonds is 6. The number of benzene rings is 2. The van der Waals surface area contributed by atoms with Crippen LogP contribution in [0.3, 0.4) is 0 Å². The highest BCUT2D eigenvalue weighted by Crippen LogP contribution is 2.32. The molecule has 0 saturated carbocycles. The maximum atomic E-state index is 12.9. The van der Waals surface area contributed by atoms with E-state index in [1.54, 1.807) is 7.11 Å². The third-order valence-electron chi connectivity index (χ3n) is 6.11. The Morgan fingerprint density at radius 3 is 2.63 bits per heavy atom. The molecule has 7 heteroatoms. The quantitative estimate of drug-likeness (QED) is 0.626. The minimum atomic E-state index is -0.109. The molecule has 3 N–H and O–H groups in total.